The van der Waals surface area contributed by atoms with Gasteiger partial charge in [-0.25, -0.2) is 4.79 Å². The van der Waals surface area contributed by atoms with Gasteiger partial charge in [0.2, 0.25) is 0 Å². The molecule has 8 heteroatoms. The maximum absolute atomic E-state index is 13.3. The van der Waals surface area contributed by atoms with Crippen LogP contribution in [0.15, 0.2) is 85.1 Å². The SMILES string of the molecule is O=C(NC1CCN(Cc2ccccc2)CC1)OC1CCn2c3ccccc3c3c4c[nH]c(O)c4c4c5ccccc5n(c4c32)CC1. The van der Waals surface area contributed by atoms with Gasteiger partial charge in [-0.15, -0.1) is 0 Å². The van der Waals surface area contributed by atoms with E-state index < -0.39 is 0 Å². The smallest absolute Gasteiger partial charge is 0.407 e. The number of ether oxygens (including phenoxy) is 1. The number of hydrogen-bond acceptors (Lipinski definition) is 4. The fourth-order valence-corrected chi connectivity index (χ4v) is 8.19. The van der Waals surface area contributed by atoms with E-state index in [1.807, 2.05) is 6.20 Å². The van der Waals surface area contributed by atoms with Gasteiger partial charge in [0.05, 0.1) is 16.4 Å². The predicted molar refractivity (Wildman–Crippen MR) is 183 cm³/mol. The van der Waals surface area contributed by atoms with Gasteiger partial charge < -0.3 is 29.3 Å². The maximum atomic E-state index is 13.3. The van der Waals surface area contributed by atoms with E-state index in [1.54, 1.807) is 0 Å². The summed E-state index contributed by atoms with van der Waals surface area (Å²) in [5, 5.41) is 20.7. The van der Waals surface area contributed by atoms with Gasteiger partial charge in [0.15, 0.2) is 5.88 Å². The molecule has 3 N–H and O–H groups in total. The first kappa shape index (κ1) is 27.4. The highest BCUT2D eigenvalue weighted by Gasteiger charge is 2.28. The molecule has 8 nitrogen and oxygen atoms in total. The zero-order valence-electron chi connectivity index (χ0n) is 25.7. The second-order valence-electron chi connectivity index (χ2n) is 13.0. The lowest BCUT2D eigenvalue weighted by molar-refractivity contribution is 0.0765. The van der Waals surface area contributed by atoms with E-state index in [2.05, 4.69) is 103 Å². The van der Waals surface area contributed by atoms with Crippen LogP contribution in [0.3, 0.4) is 0 Å². The van der Waals surface area contributed by atoms with Crippen LogP contribution in [-0.4, -0.2) is 55.5 Å². The van der Waals surface area contributed by atoms with Gasteiger partial charge in [0.25, 0.3) is 0 Å². The van der Waals surface area contributed by atoms with E-state index in [9.17, 15) is 9.90 Å². The zero-order valence-corrected chi connectivity index (χ0v) is 25.7. The normalized spacial score (nSPS) is 18.0. The number of aryl methyl sites for hydroxylation is 2. The van der Waals surface area contributed by atoms with Gasteiger partial charge >= 0.3 is 6.09 Å². The molecule has 2 aliphatic rings. The Morgan fingerprint density at radius 3 is 2.04 bits per heavy atom. The van der Waals surface area contributed by atoms with Crippen molar-refractivity contribution in [1.82, 2.24) is 24.3 Å². The molecule has 1 saturated heterocycles. The Labute approximate surface area is 266 Å². The van der Waals surface area contributed by atoms with Crippen LogP contribution in [0.1, 0.15) is 31.2 Å². The molecule has 0 radical (unpaired) electrons. The molecule has 2 aliphatic heterocycles. The summed E-state index contributed by atoms with van der Waals surface area (Å²) < 4.78 is 11.0. The van der Waals surface area contributed by atoms with Gasteiger partial charge in [-0.2, -0.15) is 0 Å². The summed E-state index contributed by atoms with van der Waals surface area (Å²) in [6, 6.07) is 27.7. The number of nitrogens with zero attached hydrogens (tertiary/aromatic N) is 3. The fourth-order valence-electron chi connectivity index (χ4n) is 8.19. The van der Waals surface area contributed by atoms with Gasteiger partial charge in [-0.1, -0.05) is 66.7 Å². The number of rotatable bonds is 4. The number of para-hydroxylation sites is 2. The minimum Gasteiger partial charge on any atom is -0.494 e. The first-order valence-corrected chi connectivity index (χ1v) is 16.5. The molecule has 3 aromatic heterocycles. The number of carbonyl (C=O) groups excluding carboxylic acids is 1. The Kier molecular flexibility index (Phi) is 6.45. The van der Waals surface area contributed by atoms with Crippen molar-refractivity contribution in [2.45, 2.75) is 57.5 Å². The largest absolute Gasteiger partial charge is 0.494 e. The van der Waals surface area contributed by atoms with Crippen LogP contribution in [0.4, 0.5) is 4.79 Å². The Bertz CT molecular complexity index is 2250. The molecule has 7 aromatic rings. The number of piperidine rings is 1. The van der Waals surface area contributed by atoms with Crippen LogP contribution < -0.4 is 5.32 Å². The molecular formula is C38H37N5O3. The zero-order chi connectivity index (χ0) is 30.8. The fraction of sp³-hybridized carbons (Fsp3) is 0.289. The summed E-state index contributed by atoms with van der Waals surface area (Å²) in [7, 11) is 0. The first-order chi connectivity index (χ1) is 22.6. The molecule has 1 fully saturated rings. The van der Waals surface area contributed by atoms with Crippen LogP contribution in [0, 0.1) is 0 Å². The summed E-state index contributed by atoms with van der Waals surface area (Å²) in [5.74, 6) is 0.195. The second-order valence-corrected chi connectivity index (χ2v) is 13.0. The number of aromatic hydroxyl groups is 1. The molecule has 0 saturated carbocycles. The van der Waals surface area contributed by atoms with Crippen LogP contribution in [-0.2, 0) is 24.4 Å². The standard InChI is InChI=1S/C38H37N5O3/c44-37-34-29(22-39-37)32-27-10-4-6-12-30(27)42-20-16-26(17-21-43-31-13-7-5-11-28(31)33(34)36(43)35(32)42)46-38(45)40-25-14-18-41(19-15-25)23-24-8-2-1-3-9-24/h1-13,22,25-26,39,44H,14-21,23H2,(H,40,45). The van der Waals surface area contributed by atoms with Crippen molar-refractivity contribution in [1.29, 1.82) is 0 Å². The van der Waals surface area contributed by atoms with Gasteiger partial charge in [-0.3, -0.25) is 4.90 Å². The van der Waals surface area contributed by atoms with E-state index >= 15 is 0 Å². The van der Waals surface area contributed by atoms with E-state index in [0.717, 1.165) is 94.3 Å². The van der Waals surface area contributed by atoms with Crippen LogP contribution >= 0.6 is 0 Å². The molecule has 46 heavy (non-hydrogen) atoms. The Balaban J connectivity index is 1.03. The van der Waals surface area contributed by atoms with Crippen molar-refractivity contribution in [2.24, 2.45) is 0 Å². The monoisotopic (exact) mass is 611 g/mol. The minimum absolute atomic E-state index is 0.123. The number of alkyl carbamates (subject to hydrolysis) is 1. The van der Waals surface area contributed by atoms with Gasteiger partial charge in [0, 0.05) is 95.8 Å². The molecule has 1 amide bonds. The van der Waals surface area contributed by atoms with Crippen molar-refractivity contribution in [3.63, 3.8) is 0 Å². The van der Waals surface area contributed by atoms with Crippen molar-refractivity contribution in [2.75, 3.05) is 13.1 Å². The average Bonchev–Trinajstić information content (AvgIpc) is 3.74. The highest BCUT2D eigenvalue weighted by molar-refractivity contribution is 6.36. The van der Waals surface area contributed by atoms with E-state index in [-0.39, 0.29) is 24.1 Å². The van der Waals surface area contributed by atoms with Crippen molar-refractivity contribution >= 4 is 60.5 Å². The summed E-state index contributed by atoms with van der Waals surface area (Å²) in [4.78, 5) is 18.9. The van der Waals surface area contributed by atoms with Crippen molar-refractivity contribution in [3.8, 4) is 5.88 Å². The number of nitrogens with one attached hydrogen (secondary N) is 2. The molecule has 1 unspecified atom stereocenters. The molecule has 5 heterocycles. The number of benzene rings is 4. The molecular weight excluding hydrogens is 574 g/mol. The molecule has 4 aromatic carbocycles. The van der Waals surface area contributed by atoms with Crippen molar-refractivity contribution < 1.29 is 14.6 Å². The van der Waals surface area contributed by atoms with Crippen LogP contribution in [0.2, 0.25) is 0 Å². The quantitative estimate of drug-likeness (QED) is 0.191. The van der Waals surface area contributed by atoms with E-state index in [0.29, 0.717) is 13.0 Å². The summed E-state index contributed by atoms with van der Waals surface area (Å²) in [6.45, 7) is 4.28. The lowest BCUT2D eigenvalue weighted by Gasteiger charge is -2.32. The Hall–Kier alpha value is -4.95. The number of fused-ring (bicyclic) bond motifs is 9. The third-order valence-electron chi connectivity index (χ3n) is 10.3. The second kappa shape index (κ2) is 10.8. The maximum Gasteiger partial charge on any atom is 0.407 e. The highest BCUT2D eigenvalue weighted by atomic mass is 16.6. The number of aromatic nitrogens is 3. The highest BCUT2D eigenvalue weighted by Crippen LogP contribution is 2.47. The van der Waals surface area contributed by atoms with Crippen LogP contribution in [0.25, 0.3) is 54.4 Å². The number of amides is 1. The Morgan fingerprint density at radius 2 is 1.35 bits per heavy atom. The number of hydrogen-bond donors (Lipinski definition) is 3. The number of carbonyl (C=O) groups is 1. The first-order valence-electron chi connectivity index (χ1n) is 16.5. The molecule has 1 atom stereocenters. The summed E-state index contributed by atoms with van der Waals surface area (Å²) in [6.07, 6.45) is 4.66. The minimum atomic E-state index is -0.313. The van der Waals surface area contributed by atoms with Gasteiger partial charge in [-0.05, 0) is 30.5 Å². The lowest BCUT2D eigenvalue weighted by atomic mass is 10.0. The molecule has 0 aliphatic carbocycles. The number of likely N-dealkylation sites (tertiary alicyclic amines) is 1. The predicted octanol–water partition coefficient (Wildman–Crippen LogP) is 7.64. The third-order valence-corrected chi connectivity index (χ3v) is 10.3. The van der Waals surface area contributed by atoms with E-state index in [4.69, 9.17) is 4.74 Å². The number of aromatic amines is 1. The molecule has 232 valence electrons. The van der Waals surface area contributed by atoms with Crippen molar-refractivity contribution in [3.05, 3.63) is 90.6 Å². The molecule has 0 bridgehead atoms. The summed E-state index contributed by atoms with van der Waals surface area (Å²) in [5.41, 5.74) is 5.89. The number of H-pyrrole nitrogens is 1. The van der Waals surface area contributed by atoms with E-state index in [1.165, 1.54) is 11.1 Å². The van der Waals surface area contributed by atoms with Gasteiger partial charge in [0.1, 0.15) is 6.10 Å². The third kappa shape index (κ3) is 4.35. The van der Waals surface area contributed by atoms with Crippen LogP contribution in [0.5, 0.6) is 5.88 Å². The Morgan fingerprint density at radius 1 is 0.739 bits per heavy atom. The summed E-state index contributed by atoms with van der Waals surface area (Å²) >= 11 is 0. The molecule has 9 rings (SSSR count). The topological polar surface area (TPSA) is 87.5 Å². The lowest BCUT2D eigenvalue weighted by Crippen LogP contribution is -2.45. The average molecular weight is 612 g/mol. The molecule has 0 spiro atoms.